The number of hydrogen-bond acceptors (Lipinski definition) is 6. The van der Waals surface area contributed by atoms with Gasteiger partial charge in [0.1, 0.15) is 5.00 Å². The van der Waals surface area contributed by atoms with Crippen molar-refractivity contribution in [1.82, 2.24) is 5.32 Å². The fraction of sp³-hybridized carbons (Fsp3) is 0.333. The number of non-ortho nitro benzene ring substituents is 1. The number of nitrogens with zero attached hydrogens (tertiary/aromatic N) is 1. The number of rotatable bonds is 5. The van der Waals surface area contributed by atoms with E-state index in [2.05, 4.69) is 24.5 Å². The van der Waals surface area contributed by atoms with E-state index in [9.17, 15) is 19.7 Å². The van der Waals surface area contributed by atoms with Crippen molar-refractivity contribution in [2.75, 3.05) is 5.32 Å². The molecule has 3 rings (SSSR count). The van der Waals surface area contributed by atoms with Gasteiger partial charge < -0.3 is 16.4 Å². The standard InChI is InChI=1S/C21H24N4O4S/c1-20(2)11-14-16(18(22)27)19(30-17(14)21(3,4)24-20)23-15(26)10-7-12-5-8-13(9-6-12)25(28)29/h5-10,24H,11H2,1-4H3,(H2,22,27)(H,23,26)/b10-7+. The predicted molar refractivity (Wildman–Crippen MR) is 118 cm³/mol. The minimum atomic E-state index is -0.573. The summed E-state index contributed by atoms with van der Waals surface area (Å²) in [6.45, 7) is 8.19. The molecule has 1 aromatic heterocycles. The molecule has 158 valence electrons. The van der Waals surface area contributed by atoms with E-state index in [1.165, 1.54) is 29.5 Å². The summed E-state index contributed by atoms with van der Waals surface area (Å²) in [7, 11) is 0. The number of thiophene rings is 1. The van der Waals surface area contributed by atoms with Gasteiger partial charge in [0.25, 0.3) is 11.6 Å². The molecule has 0 saturated carbocycles. The van der Waals surface area contributed by atoms with Crippen molar-refractivity contribution in [3.05, 3.63) is 62.0 Å². The molecule has 0 saturated heterocycles. The maximum atomic E-state index is 12.5. The van der Waals surface area contributed by atoms with E-state index in [1.807, 2.05) is 13.8 Å². The van der Waals surface area contributed by atoms with Crippen molar-refractivity contribution >= 4 is 39.9 Å². The molecule has 0 atom stereocenters. The summed E-state index contributed by atoms with van der Waals surface area (Å²) in [6, 6.07) is 5.84. The van der Waals surface area contributed by atoms with E-state index in [4.69, 9.17) is 5.73 Å². The summed E-state index contributed by atoms with van der Waals surface area (Å²) in [4.78, 5) is 35.9. The fourth-order valence-electron chi connectivity index (χ4n) is 3.91. The van der Waals surface area contributed by atoms with Gasteiger partial charge in [0, 0.05) is 34.2 Å². The van der Waals surface area contributed by atoms with Gasteiger partial charge in [-0.1, -0.05) is 0 Å². The van der Waals surface area contributed by atoms with E-state index in [1.54, 1.807) is 18.2 Å². The monoisotopic (exact) mass is 428 g/mol. The third kappa shape index (κ3) is 4.42. The molecule has 2 amide bonds. The molecule has 1 aliphatic rings. The second-order valence-electron chi connectivity index (χ2n) is 8.46. The average molecular weight is 429 g/mol. The van der Waals surface area contributed by atoms with Gasteiger partial charge in [0.05, 0.1) is 10.5 Å². The summed E-state index contributed by atoms with van der Waals surface area (Å²) in [6.07, 6.45) is 3.48. The van der Waals surface area contributed by atoms with Crippen molar-refractivity contribution in [2.24, 2.45) is 5.73 Å². The molecule has 0 fully saturated rings. The van der Waals surface area contributed by atoms with Crippen molar-refractivity contribution in [1.29, 1.82) is 0 Å². The van der Waals surface area contributed by atoms with Crippen LogP contribution < -0.4 is 16.4 Å². The minimum Gasteiger partial charge on any atom is -0.365 e. The lowest BCUT2D eigenvalue weighted by Gasteiger charge is -2.42. The molecule has 1 aromatic carbocycles. The third-order valence-electron chi connectivity index (χ3n) is 4.86. The van der Waals surface area contributed by atoms with Crippen LogP contribution in [-0.2, 0) is 16.8 Å². The van der Waals surface area contributed by atoms with Gasteiger partial charge in [-0.15, -0.1) is 11.3 Å². The maximum Gasteiger partial charge on any atom is 0.269 e. The number of nitrogens with one attached hydrogen (secondary N) is 2. The fourth-order valence-corrected chi connectivity index (χ4v) is 5.19. The molecule has 0 unspecified atom stereocenters. The van der Waals surface area contributed by atoms with Crippen molar-refractivity contribution in [3.8, 4) is 0 Å². The Kier molecular flexibility index (Phi) is 5.53. The number of anilines is 1. The Labute approximate surface area is 178 Å². The van der Waals surface area contributed by atoms with Crippen LogP contribution in [0.4, 0.5) is 10.7 Å². The first-order chi connectivity index (χ1) is 13.9. The van der Waals surface area contributed by atoms with Crippen molar-refractivity contribution in [3.63, 3.8) is 0 Å². The number of primary amides is 1. The van der Waals surface area contributed by atoms with Gasteiger partial charge >= 0.3 is 0 Å². The summed E-state index contributed by atoms with van der Waals surface area (Å²) < 4.78 is 0. The Morgan fingerprint density at radius 3 is 2.43 bits per heavy atom. The molecule has 4 N–H and O–H groups in total. The number of hydrogen-bond donors (Lipinski definition) is 3. The van der Waals surface area contributed by atoms with E-state index in [-0.39, 0.29) is 16.8 Å². The van der Waals surface area contributed by atoms with Crippen molar-refractivity contribution < 1.29 is 14.5 Å². The van der Waals surface area contributed by atoms with Gasteiger partial charge in [-0.3, -0.25) is 19.7 Å². The first-order valence-electron chi connectivity index (χ1n) is 9.38. The van der Waals surface area contributed by atoms with Crippen LogP contribution in [0.3, 0.4) is 0 Å². The second-order valence-corrected chi connectivity index (χ2v) is 9.48. The summed E-state index contributed by atoms with van der Waals surface area (Å²) in [5.74, 6) is -0.991. The maximum absolute atomic E-state index is 12.5. The number of carbonyl (C=O) groups excluding carboxylic acids is 2. The molecule has 0 aliphatic carbocycles. The molecular formula is C21H24N4O4S. The predicted octanol–water partition coefficient (Wildman–Crippen LogP) is 3.57. The molecule has 0 radical (unpaired) electrons. The highest BCUT2D eigenvalue weighted by Crippen LogP contribution is 2.44. The Morgan fingerprint density at radius 2 is 1.87 bits per heavy atom. The van der Waals surface area contributed by atoms with Crippen LogP contribution in [0.15, 0.2) is 30.3 Å². The lowest BCUT2D eigenvalue weighted by molar-refractivity contribution is -0.384. The van der Waals surface area contributed by atoms with E-state index < -0.39 is 16.7 Å². The van der Waals surface area contributed by atoms with Gasteiger partial charge in [-0.05, 0) is 63.5 Å². The smallest absolute Gasteiger partial charge is 0.269 e. The number of fused-ring (bicyclic) bond motifs is 1. The van der Waals surface area contributed by atoms with Crippen LogP contribution in [0.1, 0.15) is 54.1 Å². The normalized spacial score (nSPS) is 16.8. The summed E-state index contributed by atoms with van der Waals surface area (Å²) >= 11 is 1.35. The van der Waals surface area contributed by atoms with Crippen LogP contribution in [0.25, 0.3) is 6.08 Å². The zero-order chi connectivity index (χ0) is 22.3. The molecule has 9 heteroatoms. The van der Waals surface area contributed by atoms with Crippen LogP contribution in [0.5, 0.6) is 0 Å². The van der Waals surface area contributed by atoms with Gasteiger partial charge in [0.15, 0.2) is 0 Å². The van der Waals surface area contributed by atoms with Gasteiger partial charge in [-0.2, -0.15) is 0 Å². The second kappa shape index (κ2) is 7.66. The molecule has 2 aromatic rings. The largest absolute Gasteiger partial charge is 0.365 e. The van der Waals surface area contributed by atoms with Gasteiger partial charge in [-0.25, -0.2) is 0 Å². The van der Waals surface area contributed by atoms with Crippen LogP contribution in [0.2, 0.25) is 0 Å². The molecule has 30 heavy (non-hydrogen) atoms. The highest BCUT2D eigenvalue weighted by molar-refractivity contribution is 7.17. The molecule has 2 heterocycles. The highest BCUT2D eigenvalue weighted by atomic mass is 32.1. The number of nitro benzene ring substituents is 1. The quantitative estimate of drug-likeness (QED) is 0.381. The molecule has 8 nitrogen and oxygen atoms in total. The number of benzene rings is 1. The highest BCUT2D eigenvalue weighted by Gasteiger charge is 2.41. The van der Waals surface area contributed by atoms with E-state index in [0.29, 0.717) is 22.5 Å². The van der Waals surface area contributed by atoms with E-state index in [0.717, 1.165) is 10.4 Å². The molecule has 1 aliphatic heterocycles. The van der Waals surface area contributed by atoms with Crippen molar-refractivity contribution in [2.45, 2.75) is 45.2 Å². The summed E-state index contributed by atoms with van der Waals surface area (Å²) in [5, 5.41) is 17.5. The Bertz CT molecular complexity index is 1050. The van der Waals surface area contributed by atoms with Crippen LogP contribution in [-0.4, -0.2) is 22.3 Å². The SMILES string of the molecule is CC1(C)Cc2c(sc(NC(=O)/C=C/c3ccc([N+](=O)[O-])cc3)c2C(N)=O)C(C)(C)N1. The van der Waals surface area contributed by atoms with Gasteiger partial charge in [0.2, 0.25) is 5.91 Å². The first-order valence-corrected chi connectivity index (χ1v) is 10.2. The Hall–Kier alpha value is -3.04. The Morgan fingerprint density at radius 1 is 1.23 bits per heavy atom. The lowest BCUT2D eigenvalue weighted by Crippen LogP contribution is -2.55. The zero-order valence-corrected chi connectivity index (χ0v) is 18.1. The third-order valence-corrected chi connectivity index (χ3v) is 6.33. The summed E-state index contributed by atoms with van der Waals surface area (Å²) in [5.41, 5.74) is 6.91. The minimum absolute atomic E-state index is 0.0222. The van der Waals surface area contributed by atoms with Crippen LogP contribution in [0, 0.1) is 10.1 Å². The Balaban J connectivity index is 1.86. The zero-order valence-electron chi connectivity index (χ0n) is 17.2. The lowest BCUT2D eigenvalue weighted by atomic mass is 9.81. The number of carbonyl (C=O) groups is 2. The number of amides is 2. The number of nitrogens with two attached hydrogens (primary N) is 1. The first kappa shape index (κ1) is 21.7. The molecule has 0 spiro atoms. The van der Waals surface area contributed by atoms with E-state index >= 15 is 0 Å². The topological polar surface area (TPSA) is 127 Å². The average Bonchev–Trinajstić information content (AvgIpc) is 2.97. The van der Waals surface area contributed by atoms with Crippen LogP contribution >= 0.6 is 11.3 Å². The molecular weight excluding hydrogens is 404 g/mol. The molecule has 0 bridgehead atoms. The number of nitro groups is 1.